The molecular weight excluding hydrogens is 405 g/mol. The number of amides is 1. The topological polar surface area (TPSA) is 89.0 Å². The van der Waals surface area contributed by atoms with Crippen LogP contribution in [0.5, 0.6) is 0 Å². The zero-order valence-electron chi connectivity index (χ0n) is 16.2. The van der Waals surface area contributed by atoms with Gasteiger partial charge >= 0.3 is 12.1 Å². The van der Waals surface area contributed by atoms with Crippen LogP contribution < -0.4 is 0 Å². The van der Waals surface area contributed by atoms with Crippen molar-refractivity contribution >= 4 is 22.8 Å². The molecule has 1 atom stereocenters. The lowest BCUT2D eigenvalue weighted by molar-refractivity contribution is -0.192. The van der Waals surface area contributed by atoms with Crippen LogP contribution in [-0.4, -0.2) is 71.6 Å². The second-order valence-corrected chi connectivity index (χ2v) is 7.22. The van der Waals surface area contributed by atoms with E-state index in [1.165, 1.54) is 0 Å². The number of methoxy groups -OCH3 is 1. The second-order valence-electron chi connectivity index (χ2n) is 7.22. The fraction of sp³-hybridized carbons (Fsp3) is 0.450. The molecule has 1 spiro atoms. The Hall–Kier alpha value is -2.72. The van der Waals surface area contributed by atoms with Gasteiger partial charge in [-0.1, -0.05) is 18.2 Å². The summed E-state index contributed by atoms with van der Waals surface area (Å²) in [6, 6.07) is 9.55. The third-order valence-electron chi connectivity index (χ3n) is 5.15. The molecule has 2 saturated heterocycles. The van der Waals surface area contributed by atoms with Crippen molar-refractivity contribution in [3.63, 3.8) is 0 Å². The Balaban J connectivity index is 0.000000318. The van der Waals surface area contributed by atoms with Gasteiger partial charge in [0.1, 0.15) is 5.60 Å². The number of fused-ring (bicyclic) bond motifs is 1. The van der Waals surface area contributed by atoms with Gasteiger partial charge in [-0.05, 0) is 18.6 Å². The molecule has 2 aromatic rings. The molecule has 1 aromatic heterocycles. The highest BCUT2D eigenvalue weighted by atomic mass is 19.4. The van der Waals surface area contributed by atoms with Crippen LogP contribution in [0.15, 0.2) is 36.5 Å². The summed E-state index contributed by atoms with van der Waals surface area (Å²) in [5, 5.41) is 8.03. The number of carbonyl (C=O) groups excluding carboxylic acids is 1. The van der Waals surface area contributed by atoms with Crippen LogP contribution in [-0.2, 0) is 14.3 Å². The minimum absolute atomic E-state index is 0.0531. The van der Waals surface area contributed by atoms with E-state index < -0.39 is 12.1 Å². The summed E-state index contributed by atoms with van der Waals surface area (Å²) < 4.78 is 43.2. The van der Waals surface area contributed by atoms with Gasteiger partial charge in [-0.15, -0.1) is 0 Å². The van der Waals surface area contributed by atoms with Crippen LogP contribution in [0.3, 0.4) is 0 Å². The maximum absolute atomic E-state index is 12.8. The van der Waals surface area contributed by atoms with Crippen molar-refractivity contribution in [2.24, 2.45) is 0 Å². The molecule has 1 unspecified atom stereocenters. The molecule has 0 radical (unpaired) electrons. The number of carbonyl (C=O) groups is 2. The number of nitrogens with zero attached hydrogens (tertiary/aromatic N) is 2. The fourth-order valence-electron chi connectivity index (χ4n) is 3.65. The average molecular weight is 426 g/mol. The summed E-state index contributed by atoms with van der Waals surface area (Å²) in [5.74, 6) is -2.70. The van der Waals surface area contributed by atoms with Crippen molar-refractivity contribution < 1.29 is 37.3 Å². The minimum Gasteiger partial charge on any atom is -0.475 e. The van der Waals surface area contributed by atoms with E-state index >= 15 is 0 Å². The summed E-state index contributed by atoms with van der Waals surface area (Å²) in [6.45, 7) is 1.99. The summed E-state index contributed by atoms with van der Waals surface area (Å²) in [7, 11) is 1.74. The van der Waals surface area contributed by atoms with Gasteiger partial charge < -0.3 is 19.5 Å². The highest BCUT2D eigenvalue weighted by molar-refractivity contribution is 6.06. The molecule has 1 amide bonds. The van der Waals surface area contributed by atoms with Gasteiger partial charge in [0.15, 0.2) is 0 Å². The van der Waals surface area contributed by atoms with Crippen molar-refractivity contribution in [3.8, 4) is 0 Å². The van der Waals surface area contributed by atoms with Crippen LogP contribution in [0.1, 0.15) is 23.2 Å². The number of halogens is 3. The van der Waals surface area contributed by atoms with Gasteiger partial charge in [0, 0.05) is 31.7 Å². The Kier molecular flexibility index (Phi) is 6.27. The number of pyridine rings is 1. The maximum Gasteiger partial charge on any atom is 0.490 e. The lowest BCUT2D eigenvalue weighted by Gasteiger charge is -2.52. The number of rotatable bonds is 2. The van der Waals surface area contributed by atoms with Crippen molar-refractivity contribution in [3.05, 3.63) is 42.1 Å². The molecule has 2 aliphatic rings. The number of carboxylic acid groups (broad SMARTS) is 1. The number of hydrogen-bond acceptors (Lipinski definition) is 5. The lowest BCUT2D eigenvalue weighted by atomic mass is 9.84. The standard InChI is InChI=1S/C18H20N2O3.C2HF3O2/c1-22-13-7-9-23-18(10-13)11-20(12-18)17(21)15-6-8-19-16-5-3-2-4-14(15)16;3-2(4,5)1(6)7/h2-6,8,13H,7,9-12H2,1H3;(H,6,7). The lowest BCUT2D eigenvalue weighted by Crippen LogP contribution is -2.67. The molecule has 3 heterocycles. The molecule has 162 valence electrons. The van der Waals surface area contributed by atoms with Gasteiger partial charge in [0.05, 0.1) is 30.3 Å². The highest BCUT2D eigenvalue weighted by Crippen LogP contribution is 2.36. The van der Waals surface area contributed by atoms with E-state index in [0.717, 1.165) is 23.7 Å². The summed E-state index contributed by atoms with van der Waals surface area (Å²) in [4.78, 5) is 27.9. The van der Waals surface area contributed by atoms with Gasteiger partial charge in [0.25, 0.3) is 5.91 Å². The zero-order chi connectivity index (χ0) is 21.9. The predicted molar refractivity (Wildman–Crippen MR) is 100 cm³/mol. The number of para-hydroxylation sites is 1. The van der Waals surface area contributed by atoms with E-state index in [2.05, 4.69) is 4.98 Å². The zero-order valence-corrected chi connectivity index (χ0v) is 16.2. The van der Waals surface area contributed by atoms with Crippen molar-refractivity contribution in [2.45, 2.75) is 30.7 Å². The van der Waals surface area contributed by atoms with Gasteiger partial charge in [-0.25, -0.2) is 4.79 Å². The Morgan fingerprint density at radius 2 is 1.93 bits per heavy atom. The Morgan fingerprint density at radius 3 is 2.57 bits per heavy atom. The number of aliphatic carboxylic acids is 1. The number of carboxylic acids is 1. The summed E-state index contributed by atoms with van der Waals surface area (Å²) in [6.07, 6.45) is -1.35. The molecule has 2 fully saturated rings. The van der Waals surface area contributed by atoms with E-state index in [1.807, 2.05) is 29.2 Å². The number of likely N-dealkylation sites (tertiary alicyclic amines) is 1. The number of aromatic nitrogens is 1. The van der Waals surface area contributed by atoms with Crippen molar-refractivity contribution in [1.29, 1.82) is 0 Å². The molecule has 1 N–H and O–H groups in total. The van der Waals surface area contributed by atoms with Crippen LogP contribution >= 0.6 is 0 Å². The third kappa shape index (κ3) is 4.71. The maximum atomic E-state index is 12.8. The first-order chi connectivity index (χ1) is 14.1. The van der Waals surface area contributed by atoms with Crippen LogP contribution in [0, 0.1) is 0 Å². The van der Waals surface area contributed by atoms with Crippen molar-refractivity contribution in [2.75, 3.05) is 26.8 Å². The smallest absolute Gasteiger partial charge is 0.475 e. The molecule has 0 saturated carbocycles. The van der Waals surface area contributed by atoms with Crippen LogP contribution in [0.25, 0.3) is 10.9 Å². The van der Waals surface area contributed by atoms with E-state index in [4.69, 9.17) is 19.4 Å². The second kappa shape index (κ2) is 8.57. The molecule has 4 rings (SSSR count). The average Bonchev–Trinajstić information content (AvgIpc) is 2.70. The van der Waals surface area contributed by atoms with Crippen molar-refractivity contribution in [1.82, 2.24) is 9.88 Å². The summed E-state index contributed by atoms with van der Waals surface area (Å²) in [5.41, 5.74) is 1.35. The number of alkyl halides is 3. The minimum atomic E-state index is -5.08. The molecule has 1 aromatic carbocycles. The molecule has 7 nitrogen and oxygen atoms in total. The van der Waals surface area contributed by atoms with Gasteiger partial charge in [0.2, 0.25) is 0 Å². The third-order valence-corrected chi connectivity index (χ3v) is 5.15. The monoisotopic (exact) mass is 426 g/mol. The molecule has 0 aliphatic carbocycles. The highest BCUT2D eigenvalue weighted by Gasteiger charge is 2.49. The predicted octanol–water partition coefficient (Wildman–Crippen LogP) is 2.89. The van der Waals surface area contributed by atoms with E-state index in [9.17, 15) is 18.0 Å². The normalized spacial score (nSPS) is 20.3. The van der Waals surface area contributed by atoms with E-state index in [0.29, 0.717) is 25.3 Å². The van der Waals surface area contributed by atoms with Gasteiger partial charge in [-0.3, -0.25) is 9.78 Å². The Labute approximate surface area is 170 Å². The quantitative estimate of drug-likeness (QED) is 0.795. The van der Waals surface area contributed by atoms with E-state index in [-0.39, 0.29) is 17.6 Å². The Morgan fingerprint density at radius 1 is 1.27 bits per heavy atom. The Bertz CT molecular complexity index is 923. The van der Waals surface area contributed by atoms with Crippen LogP contribution in [0.2, 0.25) is 0 Å². The van der Waals surface area contributed by atoms with Gasteiger partial charge in [-0.2, -0.15) is 13.2 Å². The largest absolute Gasteiger partial charge is 0.490 e. The molecule has 2 aliphatic heterocycles. The number of hydrogen-bond donors (Lipinski definition) is 1. The van der Waals surface area contributed by atoms with E-state index in [1.54, 1.807) is 19.4 Å². The molecule has 10 heteroatoms. The SMILES string of the molecule is COC1CCOC2(C1)CN(C(=O)c1ccnc3ccccc13)C2.O=C(O)C(F)(F)F. The first kappa shape index (κ1) is 22.0. The number of benzene rings is 1. The molecule has 0 bridgehead atoms. The first-order valence-electron chi connectivity index (χ1n) is 9.25. The molecule has 30 heavy (non-hydrogen) atoms. The molecular formula is C20H21F3N2O5. The van der Waals surface area contributed by atoms with Crippen LogP contribution in [0.4, 0.5) is 13.2 Å². The summed E-state index contributed by atoms with van der Waals surface area (Å²) >= 11 is 0. The first-order valence-corrected chi connectivity index (χ1v) is 9.25. The fourth-order valence-corrected chi connectivity index (χ4v) is 3.65. The number of ether oxygens (including phenoxy) is 2.